The Balaban J connectivity index is 1.53. The van der Waals surface area contributed by atoms with Gasteiger partial charge >= 0.3 is 0 Å². The third-order valence-electron chi connectivity index (χ3n) is 5.31. The summed E-state index contributed by atoms with van der Waals surface area (Å²) in [7, 11) is 0. The molecule has 0 bridgehead atoms. The Labute approximate surface area is 140 Å². The fourth-order valence-corrected chi connectivity index (χ4v) is 3.81. The molecular weight excluding hydrogens is 304 g/mol. The number of carbonyl (C=O) groups is 2. The van der Waals surface area contributed by atoms with Crippen LogP contribution in [0.2, 0.25) is 0 Å². The predicted octanol–water partition coefficient (Wildman–Crippen LogP) is 2.37. The summed E-state index contributed by atoms with van der Waals surface area (Å²) in [6.07, 6.45) is 3.62. The van der Waals surface area contributed by atoms with E-state index in [1.165, 1.54) is 17.4 Å². The van der Waals surface area contributed by atoms with Crippen molar-refractivity contribution in [1.29, 1.82) is 0 Å². The Morgan fingerprint density at radius 3 is 2.54 bits per heavy atom. The average molecular weight is 324 g/mol. The van der Waals surface area contributed by atoms with Crippen LogP contribution in [0.15, 0.2) is 47.1 Å². The van der Waals surface area contributed by atoms with Crippen molar-refractivity contribution in [2.24, 2.45) is 5.41 Å². The minimum atomic E-state index is -0.410. The second-order valence-corrected chi connectivity index (χ2v) is 6.68. The van der Waals surface area contributed by atoms with Gasteiger partial charge in [-0.15, -0.1) is 0 Å². The zero-order valence-corrected chi connectivity index (χ0v) is 13.5. The van der Waals surface area contributed by atoms with E-state index in [1.54, 1.807) is 17.0 Å². The van der Waals surface area contributed by atoms with E-state index in [0.717, 1.165) is 6.42 Å². The van der Waals surface area contributed by atoms with Gasteiger partial charge in [-0.2, -0.15) is 0 Å². The molecule has 1 spiro atoms. The van der Waals surface area contributed by atoms with Gasteiger partial charge < -0.3 is 14.6 Å². The molecule has 4 rings (SSSR count). The number of piperidine rings is 1. The van der Waals surface area contributed by atoms with E-state index in [0.29, 0.717) is 38.2 Å². The molecule has 5 heteroatoms. The van der Waals surface area contributed by atoms with Crippen molar-refractivity contribution in [1.82, 2.24) is 10.2 Å². The lowest BCUT2D eigenvalue weighted by molar-refractivity contribution is -0.133. The summed E-state index contributed by atoms with van der Waals surface area (Å²) in [5.41, 5.74) is 2.02. The van der Waals surface area contributed by atoms with Crippen molar-refractivity contribution < 1.29 is 14.0 Å². The third-order valence-corrected chi connectivity index (χ3v) is 5.31. The van der Waals surface area contributed by atoms with Crippen LogP contribution in [-0.4, -0.2) is 29.8 Å². The van der Waals surface area contributed by atoms with Crippen LogP contribution in [0.3, 0.4) is 0 Å². The summed E-state index contributed by atoms with van der Waals surface area (Å²) in [6, 6.07) is 11.6. The Kier molecular flexibility index (Phi) is 3.63. The molecule has 2 amide bonds. The number of hydrogen-bond acceptors (Lipinski definition) is 3. The van der Waals surface area contributed by atoms with Gasteiger partial charge in [0.1, 0.15) is 0 Å². The number of hydrogen-bond donors (Lipinski definition) is 1. The Bertz CT molecular complexity index is 759. The number of rotatable bonds is 1. The van der Waals surface area contributed by atoms with Crippen molar-refractivity contribution in [3.05, 3.63) is 59.5 Å². The first-order valence-electron chi connectivity index (χ1n) is 8.36. The topological polar surface area (TPSA) is 62.6 Å². The number of furan rings is 1. The molecule has 124 valence electrons. The van der Waals surface area contributed by atoms with Crippen LogP contribution in [0.25, 0.3) is 0 Å². The highest BCUT2D eigenvalue weighted by atomic mass is 16.3. The number of nitrogens with one attached hydrogen (secondary N) is 1. The average Bonchev–Trinajstić information content (AvgIpc) is 3.11. The molecule has 2 aromatic rings. The molecule has 1 N–H and O–H groups in total. The zero-order valence-electron chi connectivity index (χ0n) is 13.5. The highest BCUT2D eigenvalue weighted by Gasteiger charge is 2.43. The van der Waals surface area contributed by atoms with Crippen LogP contribution in [0.4, 0.5) is 0 Å². The highest BCUT2D eigenvalue weighted by molar-refractivity contribution is 5.92. The standard InChI is InChI=1S/C19H20N2O3/c22-17(16-6-3-11-24-16)21-9-7-19(8-10-21)12-14-4-1-2-5-15(14)13-20-18(19)23/h1-6,11H,7-10,12-13H2,(H,20,23). The molecule has 0 saturated carbocycles. The van der Waals surface area contributed by atoms with E-state index in [-0.39, 0.29) is 11.8 Å². The van der Waals surface area contributed by atoms with E-state index >= 15 is 0 Å². The Morgan fingerprint density at radius 2 is 1.83 bits per heavy atom. The third kappa shape index (κ3) is 2.50. The lowest BCUT2D eigenvalue weighted by Gasteiger charge is -2.39. The highest BCUT2D eigenvalue weighted by Crippen LogP contribution is 2.38. The first-order chi connectivity index (χ1) is 11.7. The number of fused-ring (bicyclic) bond motifs is 1. The number of nitrogens with zero attached hydrogens (tertiary/aromatic N) is 1. The van der Waals surface area contributed by atoms with Crippen molar-refractivity contribution in [2.45, 2.75) is 25.8 Å². The zero-order chi connectivity index (χ0) is 16.6. The van der Waals surface area contributed by atoms with Gasteiger partial charge in [0.2, 0.25) is 5.91 Å². The van der Waals surface area contributed by atoms with Crippen LogP contribution < -0.4 is 5.32 Å². The maximum absolute atomic E-state index is 12.7. The lowest BCUT2D eigenvalue weighted by atomic mass is 9.73. The fraction of sp³-hybridized carbons (Fsp3) is 0.368. The molecule has 0 radical (unpaired) electrons. The summed E-state index contributed by atoms with van der Waals surface area (Å²) in [6.45, 7) is 1.75. The summed E-state index contributed by atoms with van der Waals surface area (Å²) in [5.74, 6) is 0.384. The van der Waals surface area contributed by atoms with Gasteiger partial charge in [0, 0.05) is 19.6 Å². The van der Waals surface area contributed by atoms with E-state index in [1.807, 2.05) is 12.1 Å². The summed E-state index contributed by atoms with van der Waals surface area (Å²) in [5, 5.41) is 3.07. The molecule has 2 aliphatic rings. The normalized spacial score (nSPS) is 19.5. The Morgan fingerprint density at radius 1 is 1.08 bits per heavy atom. The number of carbonyl (C=O) groups excluding carboxylic acids is 2. The molecule has 1 aromatic heterocycles. The van der Waals surface area contributed by atoms with Crippen molar-refractivity contribution >= 4 is 11.8 Å². The van der Waals surface area contributed by atoms with Gasteiger partial charge in [0.05, 0.1) is 11.7 Å². The van der Waals surface area contributed by atoms with Gasteiger partial charge in [-0.1, -0.05) is 24.3 Å². The molecule has 24 heavy (non-hydrogen) atoms. The molecule has 0 unspecified atom stereocenters. The van der Waals surface area contributed by atoms with Gasteiger partial charge in [-0.05, 0) is 42.5 Å². The molecule has 0 atom stereocenters. The van der Waals surface area contributed by atoms with Crippen LogP contribution in [-0.2, 0) is 17.8 Å². The van der Waals surface area contributed by atoms with E-state index < -0.39 is 5.41 Å². The first kappa shape index (κ1) is 15.0. The van der Waals surface area contributed by atoms with Gasteiger partial charge in [0.25, 0.3) is 5.91 Å². The maximum Gasteiger partial charge on any atom is 0.289 e. The Hall–Kier alpha value is -2.56. The minimum Gasteiger partial charge on any atom is -0.459 e. The summed E-state index contributed by atoms with van der Waals surface area (Å²) >= 11 is 0. The van der Waals surface area contributed by atoms with E-state index in [2.05, 4.69) is 17.4 Å². The quantitative estimate of drug-likeness (QED) is 0.876. The maximum atomic E-state index is 12.7. The van der Waals surface area contributed by atoms with Crippen molar-refractivity contribution in [2.75, 3.05) is 13.1 Å². The molecule has 0 aliphatic carbocycles. The monoisotopic (exact) mass is 324 g/mol. The van der Waals surface area contributed by atoms with Gasteiger partial charge in [-0.25, -0.2) is 0 Å². The second-order valence-electron chi connectivity index (χ2n) is 6.68. The minimum absolute atomic E-state index is 0.0933. The number of amides is 2. The number of benzene rings is 1. The molecular formula is C19H20N2O3. The van der Waals surface area contributed by atoms with E-state index in [4.69, 9.17) is 4.42 Å². The van der Waals surface area contributed by atoms with Gasteiger partial charge in [0.15, 0.2) is 5.76 Å². The van der Waals surface area contributed by atoms with Crippen LogP contribution in [0.5, 0.6) is 0 Å². The molecule has 5 nitrogen and oxygen atoms in total. The van der Waals surface area contributed by atoms with Gasteiger partial charge in [-0.3, -0.25) is 9.59 Å². The largest absolute Gasteiger partial charge is 0.459 e. The smallest absolute Gasteiger partial charge is 0.289 e. The fourth-order valence-electron chi connectivity index (χ4n) is 3.81. The van der Waals surface area contributed by atoms with Crippen LogP contribution in [0, 0.1) is 5.41 Å². The van der Waals surface area contributed by atoms with E-state index in [9.17, 15) is 9.59 Å². The molecule has 1 saturated heterocycles. The summed E-state index contributed by atoms with van der Waals surface area (Å²) in [4.78, 5) is 26.9. The van der Waals surface area contributed by atoms with Crippen LogP contribution in [0.1, 0.15) is 34.5 Å². The first-order valence-corrected chi connectivity index (χ1v) is 8.36. The van der Waals surface area contributed by atoms with Crippen molar-refractivity contribution in [3.8, 4) is 0 Å². The van der Waals surface area contributed by atoms with Crippen LogP contribution >= 0.6 is 0 Å². The SMILES string of the molecule is O=C(c1ccco1)N1CCC2(CC1)Cc1ccccc1CNC2=O. The van der Waals surface area contributed by atoms with Crippen molar-refractivity contribution in [3.63, 3.8) is 0 Å². The predicted molar refractivity (Wildman–Crippen MR) is 88.3 cm³/mol. The number of likely N-dealkylation sites (tertiary alicyclic amines) is 1. The summed E-state index contributed by atoms with van der Waals surface area (Å²) < 4.78 is 5.20. The lowest BCUT2D eigenvalue weighted by Crippen LogP contribution is -2.50. The second kappa shape index (κ2) is 5.82. The molecule has 1 fully saturated rings. The molecule has 2 aliphatic heterocycles. The molecule has 3 heterocycles. The molecule has 1 aromatic carbocycles.